The average Bonchev–Trinajstić information content (AvgIpc) is 2.96. The first-order chi connectivity index (χ1) is 8.66. The Balaban J connectivity index is 1.71. The van der Waals surface area contributed by atoms with E-state index in [1.807, 2.05) is 13.8 Å². The Morgan fingerprint density at radius 3 is 3.00 bits per heavy atom. The van der Waals surface area contributed by atoms with Gasteiger partial charge in [-0.3, -0.25) is 4.79 Å². The lowest BCUT2D eigenvalue weighted by atomic mass is 10.0. The lowest BCUT2D eigenvalue weighted by Crippen LogP contribution is -2.24. The number of nitrogens with zero attached hydrogens (tertiary/aromatic N) is 1. The Morgan fingerprint density at radius 1 is 1.56 bits per heavy atom. The topological polar surface area (TPSA) is 67.2 Å². The number of hydrogen-bond acceptors (Lipinski definition) is 4. The van der Waals surface area contributed by atoms with Gasteiger partial charge in [0.1, 0.15) is 5.76 Å². The van der Waals surface area contributed by atoms with E-state index in [1.54, 1.807) is 0 Å². The molecule has 18 heavy (non-hydrogen) atoms. The Morgan fingerprint density at radius 2 is 2.39 bits per heavy atom. The molecule has 1 unspecified atom stereocenters. The molecule has 1 aliphatic heterocycles. The van der Waals surface area contributed by atoms with Crippen LogP contribution in [0.4, 0.5) is 0 Å². The molecule has 0 bridgehead atoms. The zero-order valence-corrected chi connectivity index (χ0v) is 11.1. The molecule has 1 aromatic heterocycles. The zero-order chi connectivity index (χ0) is 13.0. The number of aryl methyl sites for hydroxylation is 2. The van der Waals surface area contributed by atoms with E-state index in [1.165, 1.54) is 6.42 Å². The minimum atomic E-state index is 0.113. The van der Waals surface area contributed by atoms with E-state index in [-0.39, 0.29) is 5.91 Å². The molecule has 5 nitrogen and oxygen atoms in total. The highest BCUT2D eigenvalue weighted by atomic mass is 16.5. The zero-order valence-electron chi connectivity index (χ0n) is 11.1. The van der Waals surface area contributed by atoms with Crippen molar-refractivity contribution in [1.82, 2.24) is 15.8 Å². The van der Waals surface area contributed by atoms with Crippen molar-refractivity contribution in [2.24, 2.45) is 5.92 Å². The summed E-state index contributed by atoms with van der Waals surface area (Å²) in [6.07, 6.45) is 2.77. The fraction of sp³-hybridized carbons (Fsp3) is 0.692. The molecule has 2 heterocycles. The van der Waals surface area contributed by atoms with Gasteiger partial charge in [-0.15, -0.1) is 0 Å². The van der Waals surface area contributed by atoms with Crippen LogP contribution in [0.2, 0.25) is 0 Å². The highest BCUT2D eigenvalue weighted by molar-refractivity contribution is 5.75. The van der Waals surface area contributed by atoms with E-state index in [0.717, 1.165) is 36.5 Å². The number of rotatable bonds is 5. The molecule has 1 atom stereocenters. The van der Waals surface area contributed by atoms with Gasteiger partial charge in [0.25, 0.3) is 0 Å². The first-order valence-corrected chi connectivity index (χ1v) is 6.56. The molecular weight excluding hydrogens is 230 g/mol. The van der Waals surface area contributed by atoms with Crippen molar-refractivity contribution >= 4 is 5.91 Å². The van der Waals surface area contributed by atoms with Crippen LogP contribution >= 0.6 is 0 Å². The van der Waals surface area contributed by atoms with Gasteiger partial charge < -0.3 is 15.2 Å². The molecule has 0 saturated carbocycles. The van der Waals surface area contributed by atoms with Crippen molar-refractivity contribution in [3.63, 3.8) is 0 Å². The summed E-state index contributed by atoms with van der Waals surface area (Å²) in [6.45, 7) is 6.42. The molecule has 0 spiro atoms. The molecular formula is C13H21N3O2. The number of hydrogen-bond donors (Lipinski definition) is 2. The largest absolute Gasteiger partial charge is 0.361 e. The van der Waals surface area contributed by atoms with Crippen LogP contribution in [0.1, 0.15) is 36.3 Å². The molecule has 1 amide bonds. The third kappa shape index (κ3) is 3.32. The summed E-state index contributed by atoms with van der Waals surface area (Å²) in [6, 6.07) is 0. The van der Waals surface area contributed by atoms with Gasteiger partial charge in [-0.2, -0.15) is 0 Å². The smallest absolute Gasteiger partial charge is 0.220 e. The quantitative estimate of drug-likeness (QED) is 0.827. The summed E-state index contributed by atoms with van der Waals surface area (Å²) in [4.78, 5) is 11.7. The van der Waals surface area contributed by atoms with E-state index >= 15 is 0 Å². The van der Waals surface area contributed by atoms with Crippen LogP contribution in [0.15, 0.2) is 4.52 Å². The second-order valence-electron chi connectivity index (χ2n) is 4.98. The summed E-state index contributed by atoms with van der Waals surface area (Å²) >= 11 is 0. The van der Waals surface area contributed by atoms with E-state index in [0.29, 0.717) is 18.9 Å². The van der Waals surface area contributed by atoms with Crippen molar-refractivity contribution in [2.75, 3.05) is 13.1 Å². The molecule has 2 N–H and O–H groups in total. The van der Waals surface area contributed by atoms with Crippen molar-refractivity contribution in [1.29, 1.82) is 0 Å². The Hall–Kier alpha value is -1.36. The Labute approximate surface area is 107 Å². The predicted octanol–water partition coefficient (Wildman–Crippen LogP) is 1.30. The third-order valence-electron chi connectivity index (χ3n) is 3.59. The lowest BCUT2D eigenvalue weighted by Gasteiger charge is -2.08. The molecule has 100 valence electrons. The first-order valence-electron chi connectivity index (χ1n) is 6.56. The van der Waals surface area contributed by atoms with Crippen LogP contribution in [-0.2, 0) is 11.3 Å². The number of carbonyl (C=O) groups is 1. The fourth-order valence-electron chi connectivity index (χ4n) is 2.33. The van der Waals surface area contributed by atoms with Crippen LogP contribution in [0.25, 0.3) is 0 Å². The van der Waals surface area contributed by atoms with Crippen LogP contribution in [0.5, 0.6) is 0 Å². The molecule has 5 heteroatoms. The minimum absolute atomic E-state index is 0.113. The van der Waals surface area contributed by atoms with Crippen LogP contribution in [-0.4, -0.2) is 24.2 Å². The Bertz CT molecular complexity index is 389. The second-order valence-corrected chi connectivity index (χ2v) is 4.98. The van der Waals surface area contributed by atoms with Crippen LogP contribution in [0.3, 0.4) is 0 Å². The van der Waals surface area contributed by atoms with Gasteiger partial charge in [0.2, 0.25) is 5.91 Å². The van der Waals surface area contributed by atoms with Crippen molar-refractivity contribution < 1.29 is 9.32 Å². The lowest BCUT2D eigenvalue weighted by molar-refractivity contribution is -0.121. The molecule has 0 aromatic carbocycles. The number of carbonyl (C=O) groups excluding carboxylic acids is 1. The highest BCUT2D eigenvalue weighted by Crippen LogP contribution is 2.15. The van der Waals surface area contributed by atoms with Gasteiger partial charge in [0.15, 0.2) is 0 Å². The predicted molar refractivity (Wildman–Crippen MR) is 68.0 cm³/mol. The van der Waals surface area contributed by atoms with Crippen molar-refractivity contribution in [3.8, 4) is 0 Å². The number of aromatic nitrogens is 1. The SMILES string of the molecule is Cc1noc(C)c1CNC(=O)CCC1CCNC1. The molecule has 0 radical (unpaired) electrons. The fourth-order valence-corrected chi connectivity index (χ4v) is 2.33. The van der Waals surface area contributed by atoms with E-state index in [9.17, 15) is 4.79 Å². The van der Waals surface area contributed by atoms with Crippen molar-refractivity contribution in [3.05, 3.63) is 17.0 Å². The standard InChI is InChI=1S/C13H21N3O2/c1-9-12(10(2)18-16-9)8-15-13(17)4-3-11-5-6-14-7-11/h11,14H,3-8H2,1-2H3,(H,15,17). The monoisotopic (exact) mass is 251 g/mol. The minimum Gasteiger partial charge on any atom is -0.361 e. The van der Waals surface area contributed by atoms with E-state index < -0.39 is 0 Å². The molecule has 1 aromatic rings. The number of nitrogens with one attached hydrogen (secondary N) is 2. The maximum atomic E-state index is 11.7. The molecule has 1 fully saturated rings. The van der Waals surface area contributed by atoms with E-state index in [4.69, 9.17) is 4.52 Å². The summed E-state index contributed by atoms with van der Waals surface area (Å²) in [7, 11) is 0. The molecule has 0 aliphatic carbocycles. The Kier molecular flexibility index (Phi) is 4.36. The second kappa shape index (κ2) is 6.00. The van der Waals surface area contributed by atoms with Crippen LogP contribution in [0, 0.1) is 19.8 Å². The first kappa shape index (κ1) is 13.1. The molecule has 2 rings (SSSR count). The van der Waals surface area contributed by atoms with E-state index in [2.05, 4.69) is 15.8 Å². The molecule has 1 aliphatic rings. The van der Waals surface area contributed by atoms with Crippen molar-refractivity contribution in [2.45, 2.75) is 39.7 Å². The summed E-state index contributed by atoms with van der Waals surface area (Å²) in [5.74, 6) is 1.56. The van der Waals surface area contributed by atoms with Crippen LogP contribution < -0.4 is 10.6 Å². The third-order valence-corrected chi connectivity index (χ3v) is 3.59. The van der Waals surface area contributed by atoms with Gasteiger partial charge in [-0.1, -0.05) is 5.16 Å². The maximum Gasteiger partial charge on any atom is 0.220 e. The molecule has 1 saturated heterocycles. The van der Waals surface area contributed by atoms with Gasteiger partial charge in [0, 0.05) is 18.5 Å². The summed E-state index contributed by atoms with van der Waals surface area (Å²) in [5.41, 5.74) is 1.85. The normalized spacial score (nSPS) is 19.1. The highest BCUT2D eigenvalue weighted by Gasteiger charge is 2.16. The number of amides is 1. The maximum absolute atomic E-state index is 11.7. The van der Waals surface area contributed by atoms with Gasteiger partial charge in [-0.25, -0.2) is 0 Å². The van der Waals surface area contributed by atoms with Gasteiger partial charge in [-0.05, 0) is 45.7 Å². The average molecular weight is 251 g/mol. The summed E-state index contributed by atoms with van der Waals surface area (Å²) in [5, 5.41) is 10.1. The summed E-state index contributed by atoms with van der Waals surface area (Å²) < 4.78 is 5.06. The van der Waals surface area contributed by atoms with Gasteiger partial charge in [0.05, 0.1) is 5.69 Å². The van der Waals surface area contributed by atoms with Gasteiger partial charge >= 0.3 is 0 Å².